The van der Waals surface area contributed by atoms with Crippen molar-refractivity contribution in [3.63, 3.8) is 0 Å². The van der Waals surface area contributed by atoms with Crippen LogP contribution in [0.2, 0.25) is 0 Å². The van der Waals surface area contributed by atoms with Crippen LogP contribution in [-0.2, 0) is 9.53 Å². The molecule has 0 bridgehead atoms. The second-order valence-electron chi connectivity index (χ2n) is 3.48. The topological polar surface area (TPSA) is 46.5 Å². The minimum absolute atomic E-state index is 0.239. The highest BCUT2D eigenvalue weighted by atomic mass is 16.5. The van der Waals surface area contributed by atoms with Crippen LogP contribution in [0.25, 0.3) is 0 Å². The van der Waals surface area contributed by atoms with E-state index in [0.29, 0.717) is 18.6 Å². The van der Waals surface area contributed by atoms with Crippen LogP contribution in [0, 0.1) is 11.8 Å². The van der Waals surface area contributed by atoms with Gasteiger partial charge in [-0.15, -0.1) is 0 Å². The van der Waals surface area contributed by atoms with E-state index >= 15 is 0 Å². The number of carboxylic acids is 1. The molecular weight excluding hydrogens is 144 g/mol. The summed E-state index contributed by atoms with van der Waals surface area (Å²) < 4.78 is 5.37. The fraction of sp³-hybridized carbons (Fsp3) is 0.875. The number of hydrogen-bond donors (Lipinski definition) is 1. The maximum absolute atomic E-state index is 10.6. The lowest BCUT2D eigenvalue weighted by Gasteiger charge is -2.42. The molecule has 0 aromatic heterocycles. The molecule has 3 nitrogen and oxygen atoms in total. The van der Waals surface area contributed by atoms with E-state index in [4.69, 9.17) is 9.84 Å². The van der Waals surface area contributed by atoms with Gasteiger partial charge < -0.3 is 9.84 Å². The third-order valence-corrected chi connectivity index (χ3v) is 2.80. The summed E-state index contributed by atoms with van der Waals surface area (Å²) >= 11 is 0. The largest absolute Gasteiger partial charge is 0.481 e. The van der Waals surface area contributed by atoms with Crippen LogP contribution >= 0.6 is 0 Å². The van der Waals surface area contributed by atoms with Crippen molar-refractivity contribution in [2.45, 2.75) is 25.4 Å². The third kappa shape index (κ3) is 1.13. The zero-order chi connectivity index (χ0) is 7.84. The molecule has 0 amide bonds. The first kappa shape index (κ1) is 7.10. The van der Waals surface area contributed by atoms with Gasteiger partial charge in [-0.1, -0.05) is 0 Å². The van der Waals surface area contributed by atoms with Gasteiger partial charge in [0.1, 0.15) is 0 Å². The summed E-state index contributed by atoms with van der Waals surface area (Å²) in [5.74, 6) is -0.392. The van der Waals surface area contributed by atoms with E-state index < -0.39 is 5.97 Å². The van der Waals surface area contributed by atoms with Crippen LogP contribution < -0.4 is 0 Å². The van der Waals surface area contributed by atoms with Crippen LogP contribution in [0.4, 0.5) is 0 Å². The van der Waals surface area contributed by atoms with E-state index in [2.05, 4.69) is 0 Å². The van der Waals surface area contributed by atoms with Crippen molar-refractivity contribution in [3.8, 4) is 0 Å². The third-order valence-electron chi connectivity index (χ3n) is 2.80. The highest BCUT2D eigenvalue weighted by Gasteiger charge is 2.39. The summed E-state index contributed by atoms with van der Waals surface area (Å²) in [6, 6.07) is 0. The fourth-order valence-electron chi connectivity index (χ4n) is 1.87. The number of carboxylic acid groups (broad SMARTS) is 1. The molecule has 2 fully saturated rings. The second kappa shape index (κ2) is 2.48. The molecule has 0 radical (unpaired) electrons. The predicted octanol–water partition coefficient (Wildman–Crippen LogP) is 0.886. The Labute approximate surface area is 65.4 Å². The highest BCUT2D eigenvalue weighted by molar-refractivity contribution is 5.70. The zero-order valence-electron chi connectivity index (χ0n) is 6.32. The molecule has 3 unspecified atom stereocenters. The van der Waals surface area contributed by atoms with Crippen LogP contribution in [0.15, 0.2) is 0 Å². The zero-order valence-corrected chi connectivity index (χ0v) is 6.32. The van der Waals surface area contributed by atoms with Crippen molar-refractivity contribution in [2.24, 2.45) is 11.8 Å². The highest BCUT2D eigenvalue weighted by Crippen LogP contribution is 2.39. The molecule has 3 atom stereocenters. The number of rotatable bonds is 1. The smallest absolute Gasteiger partial charge is 0.308 e. The molecule has 3 heteroatoms. The van der Waals surface area contributed by atoms with Crippen molar-refractivity contribution in [3.05, 3.63) is 0 Å². The maximum Gasteiger partial charge on any atom is 0.308 e. The Morgan fingerprint density at radius 2 is 2.27 bits per heavy atom. The Morgan fingerprint density at radius 3 is 2.73 bits per heavy atom. The first-order valence-electron chi connectivity index (χ1n) is 4.12. The summed E-state index contributed by atoms with van der Waals surface area (Å²) in [7, 11) is 0. The minimum Gasteiger partial charge on any atom is -0.481 e. The lowest BCUT2D eigenvalue weighted by atomic mass is 9.74. The van der Waals surface area contributed by atoms with Crippen LogP contribution in [0.1, 0.15) is 19.3 Å². The van der Waals surface area contributed by atoms with Crippen LogP contribution in [0.3, 0.4) is 0 Å². The van der Waals surface area contributed by atoms with Gasteiger partial charge in [0.2, 0.25) is 0 Å². The quantitative estimate of drug-likeness (QED) is 0.613. The molecule has 62 valence electrons. The van der Waals surface area contributed by atoms with Crippen molar-refractivity contribution in [1.82, 2.24) is 0 Å². The van der Waals surface area contributed by atoms with Gasteiger partial charge in [0.05, 0.1) is 18.6 Å². The number of hydrogen-bond acceptors (Lipinski definition) is 2. The molecule has 1 saturated carbocycles. The summed E-state index contributed by atoms with van der Waals surface area (Å²) in [6.07, 6.45) is 3.52. The van der Waals surface area contributed by atoms with Crippen molar-refractivity contribution < 1.29 is 14.6 Å². The second-order valence-corrected chi connectivity index (χ2v) is 3.48. The van der Waals surface area contributed by atoms with E-state index in [0.717, 1.165) is 19.3 Å². The number of fused-ring (bicyclic) bond motifs is 1. The van der Waals surface area contributed by atoms with Gasteiger partial charge in [0, 0.05) is 0 Å². The average molecular weight is 156 g/mol. The lowest BCUT2D eigenvalue weighted by molar-refractivity contribution is -0.158. The SMILES string of the molecule is O=C(O)C1COC2CCC2C1. The molecule has 1 aliphatic carbocycles. The van der Waals surface area contributed by atoms with E-state index in [1.165, 1.54) is 0 Å². The first-order valence-corrected chi connectivity index (χ1v) is 4.12. The van der Waals surface area contributed by atoms with Crippen molar-refractivity contribution >= 4 is 5.97 Å². The average Bonchev–Trinajstić information content (AvgIpc) is 1.91. The minimum atomic E-state index is -0.699. The van der Waals surface area contributed by atoms with Gasteiger partial charge in [-0.25, -0.2) is 0 Å². The molecule has 1 saturated heterocycles. The Kier molecular flexibility index (Phi) is 1.60. The maximum atomic E-state index is 10.6. The molecular formula is C8H12O3. The lowest BCUT2D eigenvalue weighted by Crippen LogP contribution is -2.43. The fourth-order valence-corrected chi connectivity index (χ4v) is 1.87. The monoisotopic (exact) mass is 156 g/mol. The Morgan fingerprint density at radius 1 is 1.45 bits per heavy atom. The number of ether oxygens (including phenoxy) is 1. The summed E-state index contributed by atoms with van der Waals surface area (Å²) in [5, 5.41) is 8.69. The molecule has 1 N–H and O–H groups in total. The Balaban J connectivity index is 1.93. The molecule has 1 aliphatic heterocycles. The normalized spacial score (nSPS) is 42.4. The molecule has 0 aromatic rings. The summed E-state index contributed by atoms with van der Waals surface area (Å²) in [6.45, 7) is 0.427. The van der Waals surface area contributed by atoms with E-state index in [-0.39, 0.29) is 5.92 Å². The molecule has 11 heavy (non-hydrogen) atoms. The van der Waals surface area contributed by atoms with E-state index in [1.54, 1.807) is 0 Å². The van der Waals surface area contributed by atoms with Crippen molar-refractivity contribution in [1.29, 1.82) is 0 Å². The van der Waals surface area contributed by atoms with Crippen molar-refractivity contribution in [2.75, 3.05) is 6.61 Å². The Hall–Kier alpha value is -0.570. The van der Waals surface area contributed by atoms with Gasteiger partial charge in [-0.2, -0.15) is 0 Å². The molecule has 2 rings (SSSR count). The number of carbonyl (C=O) groups is 1. The molecule has 1 heterocycles. The first-order chi connectivity index (χ1) is 5.27. The van der Waals surface area contributed by atoms with Gasteiger partial charge in [-0.05, 0) is 25.2 Å². The van der Waals surface area contributed by atoms with Gasteiger partial charge in [0.15, 0.2) is 0 Å². The van der Waals surface area contributed by atoms with E-state index in [1.807, 2.05) is 0 Å². The molecule has 0 spiro atoms. The Bertz CT molecular complexity index is 178. The predicted molar refractivity (Wildman–Crippen MR) is 38.2 cm³/mol. The summed E-state index contributed by atoms with van der Waals surface area (Å²) in [5.41, 5.74) is 0. The standard InChI is InChI=1S/C8H12O3/c9-8(10)6-3-5-1-2-7(5)11-4-6/h5-7H,1-4H2,(H,9,10). The van der Waals surface area contributed by atoms with Crippen LogP contribution in [0.5, 0.6) is 0 Å². The summed E-state index contributed by atoms with van der Waals surface area (Å²) in [4.78, 5) is 10.6. The molecule has 0 aromatic carbocycles. The van der Waals surface area contributed by atoms with Gasteiger partial charge in [0.25, 0.3) is 0 Å². The van der Waals surface area contributed by atoms with E-state index in [9.17, 15) is 4.79 Å². The van der Waals surface area contributed by atoms with Gasteiger partial charge in [-0.3, -0.25) is 4.79 Å². The number of aliphatic carboxylic acids is 1. The van der Waals surface area contributed by atoms with Gasteiger partial charge >= 0.3 is 5.97 Å². The van der Waals surface area contributed by atoms with Crippen LogP contribution in [-0.4, -0.2) is 23.8 Å². The molecule has 2 aliphatic rings.